The molecule has 1 heterocycles. The van der Waals surface area contributed by atoms with Crippen LogP contribution in [-0.4, -0.2) is 50.7 Å². The third-order valence-electron chi connectivity index (χ3n) is 3.48. The van der Waals surface area contributed by atoms with Gasteiger partial charge in [-0.15, -0.1) is 0 Å². The lowest BCUT2D eigenvalue weighted by Crippen LogP contribution is -2.38. The first kappa shape index (κ1) is 16.8. The lowest BCUT2D eigenvalue weighted by molar-refractivity contribution is -0.0382. The summed E-state index contributed by atoms with van der Waals surface area (Å²) in [4.78, 5) is 4.29. The van der Waals surface area contributed by atoms with Gasteiger partial charge in [0.25, 0.3) is 0 Å². The average molecular weight is 305 g/mol. The first-order valence-electron chi connectivity index (χ1n) is 7.49. The van der Waals surface area contributed by atoms with Gasteiger partial charge in [0, 0.05) is 27.1 Å². The van der Waals surface area contributed by atoms with Crippen LogP contribution in [0.1, 0.15) is 25.5 Å². The second kappa shape index (κ2) is 8.74. The Morgan fingerprint density at radius 2 is 2.05 bits per heavy atom. The van der Waals surface area contributed by atoms with Gasteiger partial charge in [0.2, 0.25) is 0 Å². The van der Waals surface area contributed by atoms with Gasteiger partial charge in [-0.05, 0) is 25.0 Å². The van der Waals surface area contributed by atoms with Crippen molar-refractivity contribution in [3.8, 4) is 17.6 Å². The molecule has 22 heavy (non-hydrogen) atoms. The molecule has 0 radical (unpaired) electrons. The van der Waals surface area contributed by atoms with E-state index in [2.05, 4.69) is 16.8 Å². The molecule has 0 N–H and O–H groups in total. The molecule has 2 rings (SSSR count). The molecule has 0 saturated heterocycles. The molecule has 1 atom stereocenters. The number of hydrogen-bond donors (Lipinski definition) is 0. The minimum atomic E-state index is -0.145. The Bertz CT molecular complexity index is 500. The predicted molar refractivity (Wildman–Crippen MR) is 82.9 cm³/mol. The van der Waals surface area contributed by atoms with Crippen molar-refractivity contribution in [1.82, 2.24) is 4.98 Å². The highest BCUT2D eigenvalue weighted by atomic mass is 16.5. The van der Waals surface area contributed by atoms with Crippen LogP contribution < -0.4 is 4.74 Å². The fourth-order valence-electron chi connectivity index (χ4n) is 2.05. The molecule has 1 unspecified atom stereocenters. The van der Waals surface area contributed by atoms with E-state index in [1.165, 1.54) is 0 Å². The van der Waals surface area contributed by atoms with Crippen molar-refractivity contribution < 1.29 is 18.9 Å². The number of rotatable bonds is 7. The van der Waals surface area contributed by atoms with E-state index in [4.69, 9.17) is 18.9 Å². The third-order valence-corrected chi connectivity index (χ3v) is 3.48. The monoisotopic (exact) mass is 305 g/mol. The summed E-state index contributed by atoms with van der Waals surface area (Å²) in [6, 6.07) is 3.75. The lowest BCUT2D eigenvalue weighted by atomic mass is 9.92. The predicted octanol–water partition coefficient (Wildman–Crippen LogP) is 2.04. The molecule has 0 bridgehead atoms. The molecular formula is C17H23NO4. The summed E-state index contributed by atoms with van der Waals surface area (Å²) in [6.07, 6.45) is 4.01. The Labute approximate surface area is 131 Å². The molecule has 1 fully saturated rings. The first-order chi connectivity index (χ1) is 10.7. The fraction of sp³-hybridized carbons (Fsp3) is 0.588. The van der Waals surface area contributed by atoms with Gasteiger partial charge in [0.1, 0.15) is 23.7 Å². The summed E-state index contributed by atoms with van der Waals surface area (Å²) in [6.45, 7) is 3.01. The van der Waals surface area contributed by atoms with E-state index in [1.807, 2.05) is 19.1 Å². The number of ether oxygens (including phenoxy) is 4. The summed E-state index contributed by atoms with van der Waals surface area (Å²) in [5.41, 5.74) is 0.706. The Hall–Kier alpha value is -1.61. The number of pyridine rings is 1. The van der Waals surface area contributed by atoms with Gasteiger partial charge in [0.15, 0.2) is 0 Å². The van der Waals surface area contributed by atoms with E-state index in [-0.39, 0.29) is 12.2 Å². The van der Waals surface area contributed by atoms with E-state index >= 15 is 0 Å². The van der Waals surface area contributed by atoms with Crippen LogP contribution in [0.15, 0.2) is 18.3 Å². The van der Waals surface area contributed by atoms with Crippen molar-refractivity contribution in [2.24, 2.45) is 0 Å². The Balaban J connectivity index is 1.77. The largest absolute Gasteiger partial charge is 0.489 e. The van der Waals surface area contributed by atoms with E-state index < -0.39 is 0 Å². The van der Waals surface area contributed by atoms with Crippen LogP contribution in [0.5, 0.6) is 5.75 Å². The third kappa shape index (κ3) is 5.30. The SMILES string of the molecule is COCCOC(C)C#Cc1ccc(OC2CC(OC)C2)cn1. The zero-order chi connectivity index (χ0) is 15.8. The van der Waals surface area contributed by atoms with Gasteiger partial charge in [-0.1, -0.05) is 5.92 Å². The maximum Gasteiger partial charge on any atom is 0.138 e. The van der Waals surface area contributed by atoms with Gasteiger partial charge in [-0.25, -0.2) is 4.98 Å². The van der Waals surface area contributed by atoms with Crippen LogP contribution in [0, 0.1) is 11.8 Å². The van der Waals surface area contributed by atoms with Crippen LogP contribution in [0.3, 0.4) is 0 Å². The number of hydrogen-bond acceptors (Lipinski definition) is 5. The van der Waals surface area contributed by atoms with E-state index in [9.17, 15) is 0 Å². The van der Waals surface area contributed by atoms with Crippen molar-refractivity contribution in [2.75, 3.05) is 27.4 Å². The molecule has 120 valence electrons. The molecule has 0 aromatic carbocycles. The van der Waals surface area contributed by atoms with Crippen molar-refractivity contribution in [3.63, 3.8) is 0 Å². The molecular weight excluding hydrogens is 282 g/mol. The van der Waals surface area contributed by atoms with Crippen molar-refractivity contribution in [1.29, 1.82) is 0 Å². The number of methoxy groups -OCH3 is 2. The second-order valence-corrected chi connectivity index (χ2v) is 5.22. The van der Waals surface area contributed by atoms with Crippen LogP contribution >= 0.6 is 0 Å². The van der Waals surface area contributed by atoms with Gasteiger partial charge in [0.05, 0.1) is 25.5 Å². The van der Waals surface area contributed by atoms with Crippen molar-refractivity contribution in [3.05, 3.63) is 24.0 Å². The molecule has 1 aromatic heterocycles. The molecule has 0 amide bonds. The van der Waals surface area contributed by atoms with E-state index in [1.54, 1.807) is 20.4 Å². The smallest absolute Gasteiger partial charge is 0.138 e. The van der Waals surface area contributed by atoms with E-state index in [0.29, 0.717) is 25.0 Å². The van der Waals surface area contributed by atoms with Crippen LogP contribution in [-0.2, 0) is 14.2 Å². The number of aromatic nitrogens is 1. The highest BCUT2D eigenvalue weighted by Gasteiger charge is 2.30. The topological polar surface area (TPSA) is 49.8 Å². The van der Waals surface area contributed by atoms with Crippen LogP contribution in [0.4, 0.5) is 0 Å². The molecule has 5 nitrogen and oxygen atoms in total. The minimum absolute atomic E-state index is 0.145. The molecule has 1 saturated carbocycles. The summed E-state index contributed by atoms with van der Waals surface area (Å²) in [7, 11) is 3.38. The van der Waals surface area contributed by atoms with Gasteiger partial charge < -0.3 is 18.9 Å². The second-order valence-electron chi connectivity index (χ2n) is 5.22. The molecule has 1 aromatic rings. The van der Waals surface area contributed by atoms with Gasteiger partial charge in [-0.3, -0.25) is 0 Å². The van der Waals surface area contributed by atoms with Crippen molar-refractivity contribution >= 4 is 0 Å². The zero-order valence-corrected chi connectivity index (χ0v) is 13.4. The zero-order valence-electron chi connectivity index (χ0n) is 13.4. The van der Waals surface area contributed by atoms with E-state index in [0.717, 1.165) is 18.6 Å². The minimum Gasteiger partial charge on any atom is -0.489 e. The summed E-state index contributed by atoms with van der Waals surface area (Å²) >= 11 is 0. The summed E-state index contributed by atoms with van der Waals surface area (Å²) < 4.78 is 21.4. The maximum absolute atomic E-state index is 5.80. The molecule has 1 aliphatic rings. The highest BCUT2D eigenvalue weighted by Crippen LogP contribution is 2.27. The average Bonchev–Trinajstić information content (AvgIpc) is 2.50. The number of nitrogens with zero attached hydrogens (tertiary/aromatic N) is 1. The Morgan fingerprint density at radius 1 is 1.23 bits per heavy atom. The molecule has 0 spiro atoms. The van der Waals surface area contributed by atoms with Crippen LogP contribution in [0.25, 0.3) is 0 Å². The fourth-order valence-corrected chi connectivity index (χ4v) is 2.05. The van der Waals surface area contributed by atoms with Crippen molar-refractivity contribution in [2.45, 2.75) is 38.1 Å². The van der Waals surface area contributed by atoms with Gasteiger partial charge >= 0.3 is 0 Å². The maximum atomic E-state index is 5.80. The standard InChI is InChI=1S/C17H23NO4/c1-13(21-9-8-19-2)4-5-14-6-7-15(12-18-14)22-17-10-16(11-17)20-3/h6-7,12-13,16-17H,8-11H2,1-3H3. The Morgan fingerprint density at radius 3 is 2.68 bits per heavy atom. The first-order valence-corrected chi connectivity index (χ1v) is 7.49. The van der Waals surface area contributed by atoms with Gasteiger partial charge in [-0.2, -0.15) is 0 Å². The lowest BCUT2D eigenvalue weighted by Gasteiger charge is -2.33. The Kier molecular flexibility index (Phi) is 6.66. The quantitative estimate of drug-likeness (QED) is 0.570. The normalized spacial score (nSPS) is 21.4. The van der Waals surface area contributed by atoms with Crippen LogP contribution in [0.2, 0.25) is 0 Å². The summed E-state index contributed by atoms with van der Waals surface area (Å²) in [5.74, 6) is 6.77. The molecule has 5 heteroatoms. The highest BCUT2D eigenvalue weighted by molar-refractivity contribution is 5.32. The summed E-state index contributed by atoms with van der Waals surface area (Å²) in [5, 5.41) is 0. The molecule has 1 aliphatic carbocycles. The molecule has 0 aliphatic heterocycles.